The third-order valence-corrected chi connectivity index (χ3v) is 5.38. The maximum absolute atomic E-state index is 11.5. The van der Waals surface area contributed by atoms with Gasteiger partial charge in [-0.2, -0.15) is 0 Å². The zero-order valence-electron chi connectivity index (χ0n) is 27.6. The lowest BCUT2D eigenvalue weighted by Crippen LogP contribution is -2.27. The van der Waals surface area contributed by atoms with Gasteiger partial charge < -0.3 is 52.1 Å². The number of unbranched alkanes of at least 4 members (excludes halogenated alkanes) is 4. The lowest BCUT2D eigenvalue weighted by atomic mass is 10.2. The molecule has 12 heteroatoms. The van der Waals surface area contributed by atoms with Gasteiger partial charge in [0, 0.05) is 6.61 Å². The second-order valence-corrected chi connectivity index (χ2v) is 10.6. The van der Waals surface area contributed by atoms with Crippen molar-refractivity contribution in [2.75, 3.05) is 132 Å². The Morgan fingerprint density at radius 3 is 0.977 bits per heavy atom. The summed E-state index contributed by atoms with van der Waals surface area (Å²) >= 11 is 0. The van der Waals surface area contributed by atoms with Crippen molar-refractivity contribution >= 4 is 5.97 Å². The van der Waals surface area contributed by atoms with Gasteiger partial charge in [0.15, 0.2) is 0 Å². The number of hydrogen-bond donors (Lipinski definition) is 0. The van der Waals surface area contributed by atoms with Crippen molar-refractivity contribution in [2.45, 2.75) is 65.4 Å². The SMILES string of the molecule is CCCCCCCOCCOCCOCCOCCOCCOCCOCCOCCOCCOCC(=O)OC(C)(C)C. The number of hydrogen-bond acceptors (Lipinski definition) is 12. The van der Waals surface area contributed by atoms with E-state index >= 15 is 0 Å². The molecule has 0 unspecified atom stereocenters. The molecule has 0 aliphatic rings. The monoisotopic (exact) mass is 626 g/mol. The summed E-state index contributed by atoms with van der Waals surface area (Å²) in [5.41, 5.74) is -0.507. The van der Waals surface area contributed by atoms with Crippen molar-refractivity contribution in [3.05, 3.63) is 0 Å². The minimum absolute atomic E-state index is 0.0788. The second-order valence-electron chi connectivity index (χ2n) is 10.6. The molecule has 12 nitrogen and oxygen atoms in total. The van der Waals surface area contributed by atoms with E-state index in [1.807, 2.05) is 20.8 Å². The van der Waals surface area contributed by atoms with Crippen molar-refractivity contribution in [1.29, 1.82) is 0 Å². The van der Waals surface area contributed by atoms with E-state index in [4.69, 9.17) is 52.1 Å². The molecular formula is C31H62O12. The van der Waals surface area contributed by atoms with E-state index in [0.717, 1.165) is 13.0 Å². The van der Waals surface area contributed by atoms with Crippen molar-refractivity contribution < 1.29 is 56.9 Å². The van der Waals surface area contributed by atoms with E-state index in [2.05, 4.69) is 6.92 Å². The van der Waals surface area contributed by atoms with Crippen LogP contribution in [0.1, 0.15) is 59.8 Å². The summed E-state index contributed by atoms with van der Waals surface area (Å²) < 4.78 is 59.6. The highest BCUT2D eigenvalue weighted by molar-refractivity contribution is 5.71. The molecule has 0 bridgehead atoms. The second kappa shape index (κ2) is 34.0. The minimum Gasteiger partial charge on any atom is -0.458 e. The van der Waals surface area contributed by atoms with Crippen molar-refractivity contribution in [3.8, 4) is 0 Å². The minimum atomic E-state index is -0.507. The fourth-order valence-electron chi connectivity index (χ4n) is 3.31. The van der Waals surface area contributed by atoms with Crippen LogP contribution in [0.25, 0.3) is 0 Å². The maximum atomic E-state index is 11.5. The van der Waals surface area contributed by atoms with Crippen LogP contribution in [-0.2, 0) is 56.9 Å². The summed E-state index contributed by atoms with van der Waals surface area (Å²) in [6, 6.07) is 0. The van der Waals surface area contributed by atoms with E-state index in [-0.39, 0.29) is 12.6 Å². The Kier molecular flexibility index (Phi) is 33.2. The zero-order chi connectivity index (χ0) is 31.5. The molecule has 0 aromatic carbocycles. The number of rotatable bonds is 35. The van der Waals surface area contributed by atoms with Crippen LogP contribution < -0.4 is 0 Å². The third kappa shape index (κ3) is 39.0. The molecule has 0 fully saturated rings. The first-order chi connectivity index (χ1) is 21.0. The standard InChI is InChI=1S/C31H62O12/c1-5-6-7-8-9-10-33-11-12-34-13-14-35-15-16-36-17-18-37-19-20-38-21-22-39-23-24-40-25-26-41-27-28-42-29-30(32)43-31(2,3)4/h5-29H2,1-4H3. The average Bonchev–Trinajstić information content (AvgIpc) is 2.96. The van der Waals surface area contributed by atoms with Crippen LogP contribution in [0.2, 0.25) is 0 Å². The maximum Gasteiger partial charge on any atom is 0.332 e. The fraction of sp³-hybridized carbons (Fsp3) is 0.968. The van der Waals surface area contributed by atoms with Crippen LogP contribution in [0.5, 0.6) is 0 Å². The molecule has 258 valence electrons. The molecule has 0 N–H and O–H groups in total. The Labute approximate surface area is 260 Å². The zero-order valence-corrected chi connectivity index (χ0v) is 27.6. The molecule has 0 spiro atoms. The lowest BCUT2D eigenvalue weighted by Gasteiger charge is -2.19. The Morgan fingerprint density at radius 1 is 0.395 bits per heavy atom. The highest BCUT2D eigenvalue weighted by atomic mass is 16.6. The van der Waals surface area contributed by atoms with E-state index in [1.54, 1.807) is 0 Å². The van der Waals surface area contributed by atoms with E-state index in [0.29, 0.717) is 119 Å². The Balaban J connectivity index is 3.09. The van der Waals surface area contributed by atoms with Crippen LogP contribution in [-0.4, -0.2) is 144 Å². The Hall–Kier alpha value is -0.930. The van der Waals surface area contributed by atoms with Gasteiger partial charge in [0.25, 0.3) is 0 Å². The van der Waals surface area contributed by atoms with Gasteiger partial charge in [-0.05, 0) is 27.2 Å². The topological polar surface area (TPSA) is 119 Å². The number of carbonyl (C=O) groups excluding carboxylic acids is 1. The first kappa shape index (κ1) is 42.1. The predicted octanol–water partition coefficient (Wildman–Crippen LogP) is 3.46. The largest absolute Gasteiger partial charge is 0.458 e. The van der Waals surface area contributed by atoms with Gasteiger partial charge in [0.2, 0.25) is 0 Å². The highest BCUT2D eigenvalue weighted by Gasteiger charge is 2.15. The summed E-state index contributed by atoms with van der Waals surface area (Å²) in [5.74, 6) is -0.383. The summed E-state index contributed by atoms with van der Waals surface area (Å²) in [5, 5.41) is 0. The van der Waals surface area contributed by atoms with Crippen molar-refractivity contribution in [1.82, 2.24) is 0 Å². The molecule has 0 amide bonds. The molecule has 0 saturated carbocycles. The number of carbonyl (C=O) groups is 1. The first-order valence-electron chi connectivity index (χ1n) is 15.9. The molecule has 0 heterocycles. The Bertz CT molecular complexity index is 559. The van der Waals surface area contributed by atoms with E-state index < -0.39 is 5.60 Å². The lowest BCUT2D eigenvalue weighted by molar-refractivity contribution is -0.160. The van der Waals surface area contributed by atoms with Crippen LogP contribution in [0.4, 0.5) is 0 Å². The smallest absolute Gasteiger partial charge is 0.332 e. The molecule has 0 aliphatic heterocycles. The van der Waals surface area contributed by atoms with Crippen LogP contribution in [0.15, 0.2) is 0 Å². The van der Waals surface area contributed by atoms with Gasteiger partial charge >= 0.3 is 5.97 Å². The fourth-order valence-corrected chi connectivity index (χ4v) is 3.31. The summed E-state index contributed by atoms with van der Waals surface area (Å²) in [6.45, 7) is 17.5. The van der Waals surface area contributed by atoms with Gasteiger partial charge in [0.1, 0.15) is 12.2 Å². The molecule has 43 heavy (non-hydrogen) atoms. The first-order valence-corrected chi connectivity index (χ1v) is 15.9. The van der Waals surface area contributed by atoms with Gasteiger partial charge in [-0.25, -0.2) is 4.79 Å². The summed E-state index contributed by atoms with van der Waals surface area (Å²) in [7, 11) is 0. The average molecular weight is 627 g/mol. The Morgan fingerprint density at radius 2 is 0.674 bits per heavy atom. The van der Waals surface area contributed by atoms with Crippen LogP contribution >= 0.6 is 0 Å². The van der Waals surface area contributed by atoms with Crippen LogP contribution in [0.3, 0.4) is 0 Å². The van der Waals surface area contributed by atoms with E-state index in [9.17, 15) is 4.79 Å². The van der Waals surface area contributed by atoms with E-state index in [1.165, 1.54) is 25.7 Å². The third-order valence-electron chi connectivity index (χ3n) is 5.38. The van der Waals surface area contributed by atoms with Crippen molar-refractivity contribution in [2.24, 2.45) is 0 Å². The van der Waals surface area contributed by atoms with Gasteiger partial charge in [0.05, 0.1) is 119 Å². The number of ether oxygens (including phenoxy) is 11. The van der Waals surface area contributed by atoms with Gasteiger partial charge in [-0.15, -0.1) is 0 Å². The molecule has 0 atom stereocenters. The molecular weight excluding hydrogens is 564 g/mol. The molecule has 0 rings (SSSR count). The van der Waals surface area contributed by atoms with Crippen molar-refractivity contribution in [3.63, 3.8) is 0 Å². The summed E-state index contributed by atoms with van der Waals surface area (Å²) in [6.07, 6.45) is 6.27. The molecule has 0 saturated heterocycles. The highest BCUT2D eigenvalue weighted by Crippen LogP contribution is 2.06. The number of esters is 1. The molecule has 0 aromatic heterocycles. The molecule has 0 radical (unpaired) electrons. The molecule has 0 aromatic rings. The molecule has 0 aliphatic carbocycles. The normalized spacial score (nSPS) is 11.8. The van der Waals surface area contributed by atoms with Gasteiger partial charge in [-0.1, -0.05) is 32.6 Å². The summed E-state index contributed by atoms with van der Waals surface area (Å²) in [4.78, 5) is 11.5. The van der Waals surface area contributed by atoms with Gasteiger partial charge in [-0.3, -0.25) is 0 Å². The quantitative estimate of drug-likeness (QED) is 0.0757. The predicted molar refractivity (Wildman–Crippen MR) is 163 cm³/mol. The van der Waals surface area contributed by atoms with Crippen LogP contribution in [0, 0.1) is 0 Å².